The summed E-state index contributed by atoms with van der Waals surface area (Å²) < 4.78 is 0.885. The summed E-state index contributed by atoms with van der Waals surface area (Å²) in [4.78, 5) is 13.2. The number of anilines is 1. The molecule has 0 bridgehead atoms. The Morgan fingerprint density at radius 2 is 2.12 bits per heavy atom. The van der Waals surface area contributed by atoms with Crippen molar-refractivity contribution in [3.05, 3.63) is 27.7 Å². The predicted octanol–water partition coefficient (Wildman–Crippen LogP) is 2.99. The van der Waals surface area contributed by atoms with E-state index in [2.05, 4.69) is 21.2 Å². The zero-order valence-corrected chi connectivity index (χ0v) is 11.8. The van der Waals surface area contributed by atoms with Crippen LogP contribution in [0.25, 0.3) is 0 Å². The van der Waals surface area contributed by atoms with Crippen LogP contribution in [0.4, 0.5) is 5.69 Å². The lowest BCUT2D eigenvalue weighted by molar-refractivity contribution is -0.129. The van der Waals surface area contributed by atoms with E-state index in [4.69, 9.17) is 11.6 Å². The number of benzene rings is 1. The maximum Gasteiger partial charge on any atom is 0.244 e. The second-order valence-corrected chi connectivity index (χ2v) is 5.01. The summed E-state index contributed by atoms with van der Waals surface area (Å²) in [5.74, 6) is 0.0203. The van der Waals surface area contributed by atoms with Crippen molar-refractivity contribution in [2.45, 2.75) is 13.0 Å². The van der Waals surface area contributed by atoms with E-state index in [1.807, 2.05) is 13.0 Å². The molecular formula is C11H14BrClN2O. The van der Waals surface area contributed by atoms with Gasteiger partial charge in [-0.15, -0.1) is 0 Å². The molecule has 0 aliphatic rings. The van der Waals surface area contributed by atoms with Crippen LogP contribution >= 0.6 is 27.5 Å². The molecule has 1 unspecified atom stereocenters. The van der Waals surface area contributed by atoms with Crippen molar-refractivity contribution in [1.29, 1.82) is 0 Å². The van der Waals surface area contributed by atoms with Gasteiger partial charge in [-0.2, -0.15) is 0 Å². The molecule has 88 valence electrons. The minimum Gasteiger partial charge on any atom is -0.373 e. The molecule has 5 heteroatoms. The highest BCUT2D eigenvalue weighted by atomic mass is 79.9. The van der Waals surface area contributed by atoms with E-state index in [1.54, 1.807) is 31.1 Å². The minimum absolute atomic E-state index is 0.0203. The lowest BCUT2D eigenvalue weighted by atomic mass is 10.2. The molecule has 1 amide bonds. The van der Waals surface area contributed by atoms with E-state index in [0.717, 1.165) is 10.2 Å². The van der Waals surface area contributed by atoms with Crippen molar-refractivity contribution in [3.8, 4) is 0 Å². The van der Waals surface area contributed by atoms with Crippen LogP contribution in [0.1, 0.15) is 6.92 Å². The van der Waals surface area contributed by atoms with Gasteiger partial charge in [0.1, 0.15) is 6.04 Å². The fourth-order valence-corrected chi connectivity index (χ4v) is 1.82. The van der Waals surface area contributed by atoms with Gasteiger partial charge in [0.15, 0.2) is 0 Å². The van der Waals surface area contributed by atoms with E-state index in [9.17, 15) is 4.79 Å². The number of hydrogen-bond donors (Lipinski definition) is 1. The Morgan fingerprint density at radius 3 is 2.69 bits per heavy atom. The number of hydrogen-bond acceptors (Lipinski definition) is 2. The second kappa shape index (κ2) is 5.55. The molecule has 0 saturated carbocycles. The number of amides is 1. The largest absolute Gasteiger partial charge is 0.373 e. The van der Waals surface area contributed by atoms with Crippen LogP contribution < -0.4 is 5.32 Å². The molecular weight excluding hydrogens is 291 g/mol. The number of rotatable bonds is 3. The summed E-state index contributed by atoms with van der Waals surface area (Å²) in [5, 5.41) is 3.74. The fraction of sp³-hybridized carbons (Fsp3) is 0.364. The van der Waals surface area contributed by atoms with E-state index in [1.165, 1.54) is 0 Å². The Bertz CT molecular complexity index is 396. The van der Waals surface area contributed by atoms with Gasteiger partial charge in [0.05, 0.1) is 5.69 Å². The third-order valence-corrected chi connectivity index (χ3v) is 3.04. The molecule has 1 aromatic carbocycles. The predicted molar refractivity (Wildman–Crippen MR) is 70.9 cm³/mol. The molecule has 0 radical (unpaired) electrons. The highest BCUT2D eigenvalue weighted by molar-refractivity contribution is 9.10. The Morgan fingerprint density at radius 1 is 1.50 bits per heavy atom. The lowest BCUT2D eigenvalue weighted by Gasteiger charge is -2.19. The average molecular weight is 306 g/mol. The quantitative estimate of drug-likeness (QED) is 0.931. The summed E-state index contributed by atoms with van der Waals surface area (Å²) in [5.41, 5.74) is 0.815. The van der Waals surface area contributed by atoms with Crippen molar-refractivity contribution in [2.75, 3.05) is 19.4 Å². The average Bonchev–Trinajstić information content (AvgIpc) is 2.22. The van der Waals surface area contributed by atoms with E-state index in [0.29, 0.717) is 5.02 Å². The molecule has 0 heterocycles. The molecule has 1 N–H and O–H groups in total. The first-order valence-corrected chi connectivity index (χ1v) is 6.01. The van der Waals surface area contributed by atoms with Crippen molar-refractivity contribution >= 4 is 39.1 Å². The lowest BCUT2D eigenvalue weighted by Crippen LogP contribution is -2.36. The minimum atomic E-state index is -0.287. The highest BCUT2D eigenvalue weighted by Crippen LogP contribution is 2.26. The number of carbonyl (C=O) groups is 1. The van der Waals surface area contributed by atoms with Gasteiger partial charge in [0.2, 0.25) is 5.91 Å². The third-order valence-electron chi connectivity index (χ3n) is 2.11. The Balaban J connectivity index is 2.80. The van der Waals surface area contributed by atoms with Gasteiger partial charge in [0.25, 0.3) is 0 Å². The number of nitrogens with zero attached hydrogens (tertiary/aromatic N) is 1. The highest BCUT2D eigenvalue weighted by Gasteiger charge is 2.15. The zero-order chi connectivity index (χ0) is 12.3. The number of nitrogens with one attached hydrogen (secondary N) is 1. The van der Waals surface area contributed by atoms with Crippen LogP contribution in [0.5, 0.6) is 0 Å². The first kappa shape index (κ1) is 13.3. The normalized spacial score (nSPS) is 12.1. The van der Waals surface area contributed by atoms with Gasteiger partial charge in [-0.1, -0.05) is 11.6 Å². The zero-order valence-electron chi connectivity index (χ0n) is 9.42. The van der Waals surface area contributed by atoms with Gasteiger partial charge in [-0.05, 0) is 41.1 Å². The van der Waals surface area contributed by atoms with Gasteiger partial charge in [-0.25, -0.2) is 0 Å². The van der Waals surface area contributed by atoms with Gasteiger partial charge >= 0.3 is 0 Å². The maximum absolute atomic E-state index is 11.7. The summed E-state index contributed by atoms with van der Waals surface area (Å²) in [6, 6.07) is 5.13. The van der Waals surface area contributed by atoms with Gasteiger partial charge < -0.3 is 10.2 Å². The molecule has 16 heavy (non-hydrogen) atoms. The van der Waals surface area contributed by atoms with Gasteiger partial charge in [0, 0.05) is 23.6 Å². The molecule has 0 fully saturated rings. The second-order valence-electron chi connectivity index (χ2n) is 3.72. The van der Waals surface area contributed by atoms with E-state index in [-0.39, 0.29) is 11.9 Å². The summed E-state index contributed by atoms with van der Waals surface area (Å²) >= 11 is 9.29. The molecule has 0 aliphatic carbocycles. The molecule has 0 aliphatic heterocycles. The summed E-state index contributed by atoms with van der Waals surface area (Å²) in [7, 11) is 3.46. The van der Waals surface area contributed by atoms with E-state index >= 15 is 0 Å². The fourth-order valence-electron chi connectivity index (χ4n) is 1.29. The first-order chi connectivity index (χ1) is 7.41. The van der Waals surface area contributed by atoms with Crippen LogP contribution in [-0.2, 0) is 4.79 Å². The molecule has 0 saturated heterocycles. The summed E-state index contributed by atoms with van der Waals surface area (Å²) in [6.45, 7) is 1.82. The number of halogens is 2. The molecule has 0 aromatic heterocycles. The first-order valence-electron chi connectivity index (χ1n) is 4.84. The van der Waals surface area contributed by atoms with Crippen LogP contribution in [0.2, 0.25) is 5.02 Å². The van der Waals surface area contributed by atoms with Gasteiger partial charge in [-0.3, -0.25) is 4.79 Å². The van der Waals surface area contributed by atoms with Crippen molar-refractivity contribution < 1.29 is 4.79 Å². The Labute approximate surface area is 109 Å². The monoisotopic (exact) mass is 304 g/mol. The number of likely N-dealkylation sites (N-methyl/N-ethyl adjacent to an activating group) is 1. The molecule has 3 nitrogen and oxygen atoms in total. The van der Waals surface area contributed by atoms with Crippen molar-refractivity contribution in [2.24, 2.45) is 0 Å². The van der Waals surface area contributed by atoms with Crippen molar-refractivity contribution in [1.82, 2.24) is 4.90 Å². The van der Waals surface area contributed by atoms with E-state index < -0.39 is 0 Å². The van der Waals surface area contributed by atoms with Crippen LogP contribution in [-0.4, -0.2) is 30.9 Å². The number of carbonyl (C=O) groups excluding carboxylic acids is 1. The molecule has 1 aromatic rings. The SMILES string of the molecule is CC(Nc1cc(Cl)ccc1Br)C(=O)N(C)C. The molecule has 0 spiro atoms. The van der Waals surface area contributed by atoms with Crippen LogP contribution in [0, 0.1) is 0 Å². The standard InChI is InChI=1S/C11H14BrClN2O/c1-7(11(16)15(2)3)14-10-6-8(13)4-5-9(10)12/h4-7,14H,1-3H3. The molecule has 1 atom stereocenters. The van der Waals surface area contributed by atoms with Crippen LogP contribution in [0.3, 0.4) is 0 Å². The maximum atomic E-state index is 11.7. The van der Waals surface area contributed by atoms with Crippen LogP contribution in [0.15, 0.2) is 22.7 Å². The smallest absolute Gasteiger partial charge is 0.244 e. The van der Waals surface area contributed by atoms with Crippen molar-refractivity contribution in [3.63, 3.8) is 0 Å². The summed E-state index contributed by atoms with van der Waals surface area (Å²) in [6.07, 6.45) is 0. The topological polar surface area (TPSA) is 32.3 Å². The molecule has 1 rings (SSSR count). The Hall–Kier alpha value is -0.740. The Kier molecular flexibility index (Phi) is 4.62. The third kappa shape index (κ3) is 3.39.